The monoisotopic (exact) mass is 294 g/mol. The molecule has 0 aliphatic rings. The van der Waals surface area contributed by atoms with Crippen molar-refractivity contribution >= 4 is 5.91 Å². The van der Waals surface area contributed by atoms with Crippen LogP contribution in [0.4, 0.5) is 4.39 Å². The first-order chi connectivity index (χ1) is 9.81. The Kier molecular flexibility index (Phi) is 6.37. The topological polar surface area (TPSA) is 43.8 Å². The van der Waals surface area contributed by atoms with Gasteiger partial charge in [-0.25, -0.2) is 4.39 Å². The van der Waals surface area contributed by atoms with Crippen molar-refractivity contribution in [1.82, 2.24) is 9.80 Å². The molecule has 0 aliphatic heterocycles. The molecule has 4 nitrogen and oxygen atoms in total. The van der Waals surface area contributed by atoms with E-state index in [2.05, 4.69) is 0 Å². The normalized spacial score (nSPS) is 10.6. The molecule has 0 spiro atoms. The molecule has 0 unspecified atom stereocenters. The molecule has 0 atom stereocenters. The van der Waals surface area contributed by atoms with E-state index in [0.29, 0.717) is 18.7 Å². The first-order valence-corrected chi connectivity index (χ1v) is 6.86. The van der Waals surface area contributed by atoms with E-state index in [4.69, 9.17) is 0 Å². The second kappa shape index (κ2) is 7.78. The molecule has 1 rings (SSSR count). The highest BCUT2D eigenvalue weighted by Crippen LogP contribution is 2.16. The number of aromatic hydroxyl groups is 1. The Morgan fingerprint density at radius 1 is 1.24 bits per heavy atom. The summed E-state index contributed by atoms with van der Waals surface area (Å²) in [4.78, 5) is 15.6. The maximum absolute atomic E-state index is 13.9. The number of carbonyl (C=O) groups is 1. The van der Waals surface area contributed by atoms with E-state index in [0.717, 1.165) is 5.56 Å². The van der Waals surface area contributed by atoms with E-state index in [1.807, 2.05) is 19.0 Å². The van der Waals surface area contributed by atoms with Crippen LogP contribution in [0.1, 0.15) is 19.4 Å². The summed E-state index contributed by atoms with van der Waals surface area (Å²) in [7, 11) is 3.79. The summed E-state index contributed by atoms with van der Waals surface area (Å²) >= 11 is 0. The molecule has 21 heavy (non-hydrogen) atoms. The van der Waals surface area contributed by atoms with Crippen molar-refractivity contribution in [3.8, 4) is 5.75 Å². The van der Waals surface area contributed by atoms with Gasteiger partial charge in [0.05, 0.1) is 0 Å². The highest BCUT2D eigenvalue weighted by molar-refractivity contribution is 5.91. The van der Waals surface area contributed by atoms with Gasteiger partial charge in [0.1, 0.15) is 5.75 Å². The minimum Gasteiger partial charge on any atom is -0.508 e. The number of nitrogens with zero attached hydrogens (tertiary/aromatic N) is 2. The number of rotatable bonds is 6. The number of amides is 1. The second-order valence-electron chi connectivity index (χ2n) is 5.51. The van der Waals surface area contributed by atoms with Gasteiger partial charge in [-0.05, 0) is 51.2 Å². The lowest BCUT2D eigenvalue weighted by molar-refractivity contribution is -0.129. The minimum atomic E-state index is -0.714. The van der Waals surface area contributed by atoms with Crippen LogP contribution in [0.2, 0.25) is 0 Å². The number of benzene rings is 1. The summed E-state index contributed by atoms with van der Waals surface area (Å²) in [6, 6.07) is 6.65. The summed E-state index contributed by atoms with van der Waals surface area (Å²) in [5.41, 5.74) is 1.13. The van der Waals surface area contributed by atoms with Crippen molar-refractivity contribution in [2.24, 2.45) is 0 Å². The van der Waals surface area contributed by atoms with Crippen LogP contribution in [0.25, 0.3) is 0 Å². The van der Waals surface area contributed by atoms with E-state index < -0.39 is 11.7 Å². The van der Waals surface area contributed by atoms with Crippen LogP contribution in [-0.4, -0.2) is 48.0 Å². The number of hydrogen-bond donors (Lipinski definition) is 1. The lowest BCUT2D eigenvalue weighted by Crippen LogP contribution is -2.36. The third kappa shape index (κ3) is 5.55. The number of phenolic OH excluding ortho intramolecular Hbond substituents is 1. The number of carbonyl (C=O) groups excluding carboxylic acids is 1. The quantitative estimate of drug-likeness (QED) is 0.820. The first-order valence-electron chi connectivity index (χ1n) is 6.86. The zero-order valence-corrected chi connectivity index (χ0v) is 13.1. The Morgan fingerprint density at radius 3 is 2.43 bits per heavy atom. The zero-order valence-electron chi connectivity index (χ0n) is 13.1. The van der Waals surface area contributed by atoms with Crippen molar-refractivity contribution < 1.29 is 14.3 Å². The van der Waals surface area contributed by atoms with Gasteiger partial charge in [0.25, 0.3) is 5.91 Å². The molecule has 5 heteroatoms. The highest BCUT2D eigenvalue weighted by Gasteiger charge is 2.19. The predicted molar refractivity (Wildman–Crippen MR) is 81.6 cm³/mol. The molecule has 0 saturated heterocycles. The summed E-state index contributed by atoms with van der Waals surface area (Å²) in [6.45, 7) is 4.47. The standard InChI is InChI=1S/C16H23FN2O2/c1-12(2)15(17)16(21)19(9-8-18(3)4)11-13-6-5-7-14(20)10-13/h5-7,10,20H,8-9,11H2,1-4H3. The average Bonchev–Trinajstić information content (AvgIpc) is 2.41. The molecule has 1 amide bonds. The molecular formula is C16H23FN2O2. The fraction of sp³-hybridized carbons (Fsp3) is 0.438. The maximum Gasteiger partial charge on any atom is 0.282 e. The summed E-state index contributed by atoms with van der Waals surface area (Å²) in [5.74, 6) is -1.19. The smallest absolute Gasteiger partial charge is 0.282 e. The van der Waals surface area contributed by atoms with Gasteiger partial charge in [0, 0.05) is 19.6 Å². The number of phenols is 1. The summed E-state index contributed by atoms with van der Waals surface area (Å²) in [6.07, 6.45) is 0. The van der Waals surface area contributed by atoms with Crippen molar-refractivity contribution in [2.75, 3.05) is 27.2 Å². The average molecular weight is 294 g/mol. The molecule has 1 aromatic carbocycles. The van der Waals surface area contributed by atoms with E-state index in [-0.39, 0.29) is 12.3 Å². The molecule has 0 saturated carbocycles. The van der Waals surface area contributed by atoms with Gasteiger partial charge in [0.15, 0.2) is 5.83 Å². The van der Waals surface area contributed by atoms with Crippen molar-refractivity contribution in [2.45, 2.75) is 20.4 Å². The number of likely N-dealkylation sites (N-methyl/N-ethyl adjacent to an activating group) is 1. The molecule has 0 aromatic heterocycles. The second-order valence-corrected chi connectivity index (χ2v) is 5.51. The zero-order chi connectivity index (χ0) is 16.0. The van der Waals surface area contributed by atoms with E-state index in [9.17, 15) is 14.3 Å². The van der Waals surface area contributed by atoms with Gasteiger partial charge in [-0.3, -0.25) is 4.79 Å². The third-order valence-electron chi connectivity index (χ3n) is 3.02. The fourth-order valence-corrected chi connectivity index (χ4v) is 1.80. The van der Waals surface area contributed by atoms with Crippen molar-refractivity contribution in [3.63, 3.8) is 0 Å². The number of allylic oxidation sites excluding steroid dienone is 1. The lowest BCUT2D eigenvalue weighted by Gasteiger charge is -2.24. The molecule has 0 fully saturated rings. The van der Waals surface area contributed by atoms with Crippen LogP contribution in [-0.2, 0) is 11.3 Å². The van der Waals surface area contributed by atoms with Crippen LogP contribution in [0.3, 0.4) is 0 Å². The number of hydrogen-bond acceptors (Lipinski definition) is 3. The van der Waals surface area contributed by atoms with E-state index in [1.54, 1.807) is 38.1 Å². The first kappa shape index (κ1) is 17.2. The van der Waals surface area contributed by atoms with Gasteiger partial charge in [-0.15, -0.1) is 0 Å². The van der Waals surface area contributed by atoms with Crippen LogP contribution >= 0.6 is 0 Å². The molecule has 0 bridgehead atoms. The van der Waals surface area contributed by atoms with Crippen molar-refractivity contribution in [3.05, 3.63) is 41.2 Å². The van der Waals surface area contributed by atoms with Gasteiger partial charge in [-0.1, -0.05) is 12.1 Å². The Bertz CT molecular complexity index is 523. The molecular weight excluding hydrogens is 271 g/mol. The largest absolute Gasteiger partial charge is 0.508 e. The predicted octanol–water partition coefficient (Wildman–Crippen LogP) is 2.55. The Morgan fingerprint density at radius 2 is 1.90 bits per heavy atom. The summed E-state index contributed by atoms with van der Waals surface area (Å²) < 4.78 is 13.9. The molecule has 0 heterocycles. The maximum atomic E-state index is 13.9. The Balaban J connectivity index is 2.91. The minimum absolute atomic E-state index is 0.134. The fourth-order valence-electron chi connectivity index (χ4n) is 1.80. The van der Waals surface area contributed by atoms with Gasteiger partial charge in [-0.2, -0.15) is 0 Å². The Hall–Kier alpha value is -1.88. The lowest BCUT2D eigenvalue weighted by atomic mass is 10.2. The van der Waals surface area contributed by atoms with Gasteiger partial charge >= 0.3 is 0 Å². The van der Waals surface area contributed by atoms with Gasteiger partial charge in [0.2, 0.25) is 0 Å². The highest BCUT2D eigenvalue weighted by atomic mass is 19.1. The molecule has 0 radical (unpaired) electrons. The molecule has 116 valence electrons. The number of halogens is 1. The van der Waals surface area contributed by atoms with Gasteiger partial charge < -0.3 is 14.9 Å². The van der Waals surface area contributed by atoms with E-state index in [1.165, 1.54) is 4.90 Å². The molecule has 0 aliphatic carbocycles. The van der Waals surface area contributed by atoms with E-state index >= 15 is 0 Å². The summed E-state index contributed by atoms with van der Waals surface area (Å²) in [5, 5.41) is 9.49. The Labute approximate surface area is 125 Å². The SMILES string of the molecule is CC(C)=C(F)C(=O)N(CCN(C)C)Cc1cccc(O)c1. The van der Waals surface area contributed by atoms with Crippen LogP contribution < -0.4 is 0 Å². The van der Waals surface area contributed by atoms with Crippen LogP contribution in [0.15, 0.2) is 35.7 Å². The van der Waals surface area contributed by atoms with Crippen molar-refractivity contribution in [1.29, 1.82) is 0 Å². The third-order valence-corrected chi connectivity index (χ3v) is 3.02. The molecule has 1 aromatic rings. The van der Waals surface area contributed by atoms with Crippen LogP contribution in [0, 0.1) is 0 Å². The van der Waals surface area contributed by atoms with Crippen LogP contribution in [0.5, 0.6) is 5.75 Å². The molecule has 1 N–H and O–H groups in total.